The molecule has 1 amide bonds. The number of nitrogens with two attached hydrogens (primary N) is 1. The van der Waals surface area contributed by atoms with Crippen molar-refractivity contribution in [3.63, 3.8) is 0 Å². The topological polar surface area (TPSA) is 110 Å². The predicted molar refractivity (Wildman–Crippen MR) is 116 cm³/mol. The van der Waals surface area contributed by atoms with E-state index in [4.69, 9.17) is 10.5 Å². The quantitative estimate of drug-likeness (QED) is 0.590. The second kappa shape index (κ2) is 9.18. The second-order valence-corrected chi connectivity index (χ2v) is 7.83. The third-order valence-electron chi connectivity index (χ3n) is 5.71. The lowest BCUT2D eigenvalue weighted by atomic mass is 10.0. The largest absolute Gasteiger partial charge is 0.461 e. The zero-order valence-electron chi connectivity index (χ0n) is 17.2. The van der Waals surface area contributed by atoms with Gasteiger partial charge >= 0.3 is 11.7 Å². The van der Waals surface area contributed by atoms with Crippen LogP contribution in [0.5, 0.6) is 0 Å². The van der Waals surface area contributed by atoms with Crippen LogP contribution >= 0.6 is 0 Å². The molecule has 1 atom stereocenters. The van der Waals surface area contributed by atoms with E-state index in [-0.39, 0.29) is 30.7 Å². The summed E-state index contributed by atoms with van der Waals surface area (Å²) in [5.74, 6) is -0.758. The number of likely N-dealkylation sites (tertiary alicyclic amines) is 1. The minimum Gasteiger partial charge on any atom is -0.461 e. The van der Waals surface area contributed by atoms with Crippen molar-refractivity contribution in [3.05, 3.63) is 70.6 Å². The first-order valence-corrected chi connectivity index (χ1v) is 10.5. The van der Waals surface area contributed by atoms with Crippen molar-refractivity contribution < 1.29 is 14.3 Å². The minimum absolute atomic E-state index is 0.0137. The molecule has 31 heavy (non-hydrogen) atoms. The number of amides is 1. The number of H-pyrrole nitrogens is 1. The summed E-state index contributed by atoms with van der Waals surface area (Å²) in [4.78, 5) is 41.7. The van der Waals surface area contributed by atoms with E-state index in [0.29, 0.717) is 25.9 Å². The van der Waals surface area contributed by atoms with Crippen LogP contribution in [0.25, 0.3) is 11.0 Å². The van der Waals surface area contributed by atoms with Crippen LogP contribution in [0.4, 0.5) is 0 Å². The van der Waals surface area contributed by atoms with Gasteiger partial charge in [0.2, 0.25) is 5.91 Å². The van der Waals surface area contributed by atoms with Crippen LogP contribution in [0.3, 0.4) is 0 Å². The highest BCUT2D eigenvalue weighted by atomic mass is 16.5. The molecule has 0 aliphatic carbocycles. The number of ether oxygens (including phenoxy) is 1. The van der Waals surface area contributed by atoms with Crippen molar-refractivity contribution in [2.24, 2.45) is 5.73 Å². The van der Waals surface area contributed by atoms with Gasteiger partial charge in [0.15, 0.2) is 0 Å². The zero-order valence-corrected chi connectivity index (χ0v) is 17.2. The van der Waals surface area contributed by atoms with E-state index in [1.807, 2.05) is 54.6 Å². The summed E-state index contributed by atoms with van der Waals surface area (Å²) in [6.07, 6.45) is 1.14. The number of nitrogens with zero attached hydrogens (tertiary/aromatic N) is 2. The van der Waals surface area contributed by atoms with Gasteiger partial charge in [-0.2, -0.15) is 0 Å². The molecule has 0 unspecified atom stereocenters. The van der Waals surface area contributed by atoms with E-state index in [9.17, 15) is 14.4 Å². The van der Waals surface area contributed by atoms with E-state index in [1.54, 1.807) is 9.47 Å². The second-order valence-electron chi connectivity index (χ2n) is 7.83. The van der Waals surface area contributed by atoms with Crippen molar-refractivity contribution in [2.75, 3.05) is 13.1 Å². The summed E-state index contributed by atoms with van der Waals surface area (Å²) in [6.45, 7) is 1.13. The number of hydrogen-bond acceptors (Lipinski definition) is 5. The number of hydrogen-bond donors (Lipinski definition) is 2. The van der Waals surface area contributed by atoms with Gasteiger partial charge in [-0.15, -0.1) is 0 Å². The summed E-state index contributed by atoms with van der Waals surface area (Å²) in [6, 6.07) is 16.0. The smallest absolute Gasteiger partial charge is 0.326 e. The molecule has 3 aromatic rings. The minimum atomic E-state index is -0.935. The monoisotopic (exact) mass is 422 g/mol. The third kappa shape index (κ3) is 4.69. The highest BCUT2D eigenvalue weighted by Crippen LogP contribution is 2.25. The molecule has 8 nitrogen and oxygen atoms in total. The summed E-state index contributed by atoms with van der Waals surface area (Å²) in [7, 11) is 0. The number of aromatic nitrogens is 2. The Morgan fingerprint density at radius 1 is 1.06 bits per heavy atom. The summed E-state index contributed by atoms with van der Waals surface area (Å²) in [5.41, 5.74) is 8.42. The maximum atomic E-state index is 12.7. The number of fused-ring (bicyclic) bond motifs is 1. The van der Waals surface area contributed by atoms with Gasteiger partial charge in [-0.1, -0.05) is 42.5 Å². The molecule has 0 radical (unpaired) electrons. The molecule has 1 saturated heterocycles. The number of esters is 1. The molecule has 1 fully saturated rings. The molecule has 1 aromatic heterocycles. The molecule has 1 aliphatic heterocycles. The van der Waals surface area contributed by atoms with Crippen LogP contribution in [0.2, 0.25) is 0 Å². The van der Waals surface area contributed by atoms with E-state index in [0.717, 1.165) is 16.6 Å². The van der Waals surface area contributed by atoms with Gasteiger partial charge in [-0.05, 0) is 30.5 Å². The predicted octanol–water partition coefficient (Wildman–Crippen LogP) is 1.95. The van der Waals surface area contributed by atoms with Gasteiger partial charge in [-0.3, -0.25) is 14.2 Å². The molecule has 1 aliphatic rings. The van der Waals surface area contributed by atoms with Crippen molar-refractivity contribution in [2.45, 2.75) is 38.0 Å². The van der Waals surface area contributed by atoms with Gasteiger partial charge in [0.1, 0.15) is 6.61 Å². The van der Waals surface area contributed by atoms with Gasteiger partial charge in [0.05, 0.1) is 23.5 Å². The van der Waals surface area contributed by atoms with Gasteiger partial charge in [0, 0.05) is 19.1 Å². The Morgan fingerprint density at radius 2 is 1.74 bits per heavy atom. The first kappa shape index (κ1) is 20.9. The molecule has 162 valence electrons. The van der Waals surface area contributed by atoms with Gasteiger partial charge in [0.25, 0.3) is 0 Å². The standard InChI is InChI=1S/C23H26N4O4/c24-18(14-21(28)31-15-16-6-2-1-3-7-16)22(29)26-12-10-17(11-13-26)27-20-9-5-4-8-19(20)25-23(27)30/h1-9,17-18H,10-15,24H2,(H,25,30)/t18-/m1/s1. The van der Waals surface area contributed by atoms with Crippen molar-refractivity contribution in [1.82, 2.24) is 14.5 Å². The lowest BCUT2D eigenvalue weighted by Gasteiger charge is -2.33. The van der Waals surface area contributed by atoms with Crippen LogP contribution in [0, 0.1) is 0 Å². The molecule has 3 N–H and O–H groups in total. The Labute approximate surface area is 179 Å². The maximum absolute atomic E-state index is 12.7. The maximum Gasteiger partial charge on any atom is 0.326 e. The number of rotatable bonds is 6. The zero-order chi connectivity index (χ0) is 21.8. The Morgan fingerprint density at radius 3 is 2.48 bits per heavy atom. The number of para-hydroxylation sites is 2. The summed E-state index contributed by atoms with van der Waals surface area (Å²) < 4.78 is 7.00. The van der Waals surface area contributed by atoms with Crippen LogP contribution in [0.1, 0.15) is 30.9 Å². The molecule has 8 heteroatoms. The summed E-state index contributed by atoms with van der Waals surface area (Å²) >= 11 is 0. The average molecular weight is 422 g/mol. The van der Waals surface area contributed by atoms with E-state index in [1.165, 1.54) is 0 Å². The number of nitrogens with one attached hydrogen (secondary N) is 1. The van der Waals surface area contributed by atoms with Crippen LogP contribution in [-0.2, 0) is 20.9 Å². The van der Waals surface area contributed by atoms with Crippen molar-refractivity contribution >= 4 is 22.9 Å². The number of piperidine rings is 1. The Balaban J connectivity index is 1.30. The fourth-order valence-corrected chi connectivity index (χ4v) is 4.08. The number of imidazole rings is 1. The normalized spacial score (nSPS) is 15.7. The molecule has 4 rings (SSSR count). The lowest BCUT2D eigenvalue weighted by molar-refractivity contribution is -0.148. The first-order valence-electron chi connectivity index (χ1n) is 10.5. The molecule has 2 aromatic carbocycles. The number of carbonyl (C=O) groups excluding carboxylic acids is 2. The van der Waals surface area contributed by atoms with Gasteiger partial charge < -0.3 is 20.4 Å². The lowest BCUT2D eigenvalue weighted by Crippen LogP contribution is -2.48. The van der Waals surface area contributed by atoms with Crippen LogP contribution in [0.15, 0.2) is 59.4 Å². The molecule has 0 bridgehead atoms. The molecule has 0 saturated carbocycles. The number of aromatic amines is 1. The SMILES string of the molecule is N[C@H](CC(=O)OCc1ccccc1)C(=O)N1CCC(n2c(=O)[nH]c3ccccc32)CC1. The Kier molecular flexibility index (Phi) is 6.18. The van der Waals surface area contributed by atoms with Gasteiger partial charge in [-0.25, -0.2) is 4.79 Å². The highest BCUT2D eigenvalue weighted by Gasteiger charge is 2.29. The molecular weight excluding hydrogens is 396 g/mol. The fourth-order valence-electron chi connectivity index (χ4n) is 4.08. The highest BCUT2D eigenvalue weighted by molar-refractivity contribution is 5.86. The third-order valence-corrected chi connectivity index (χ3v) is 5.71. The number of carbonyl (C=O) groups is 2. The number of benzene rings is 2. The van der Waals surface area contributed by atoms with Crippen molar-refractivity contribution in [1.29, 1.82) is 0 Å². The van der Waals surface area contributed by atoms with Crippen molar-refractivity contribution in [3.8, 4) is 0 Å². The van der Waals surface area contributed by atoms with E-state index >= 15 is 0 Å². The van der Waals surface area contributed by atoms with E-state index < -0.39 is 12.0 Å². The van der Waals surface area contributed by atoms with Crippen LogP contribution < -0.4 is 11.4 Å². The Bertz CT molecular complexity index is 1110. The average Bonchev–Trinajstić information content (AvgIpc) is 3.13. The summed E-state index contributed by atoms with van der Waals surface area (Å²) in [5, 5.41) is 0. The molecule has 0 spiro atoms. The Hall–Kier alpha value is -3.39. The van der Waals surface area contributed by atoms with E-state index in [2.05, 4.69) is 4.98 Å². The fraction of sp³-hybridized carbons (Fsp3) is 0.348. The molecule has 2 heterocycles. The molecular formula is C23H26N4O4. The van der Waals surface area contributed by atoms with Crippen LogP contribution in [-0.4, -0.2) is 45.5 Å². The first-order chi connectivity index (χ1) is 15.0.